The second-order valence-electron chi connectivity index (χ2n) is 5.65. The van der Waals surface area contributed by atoms with Gasteiger partial charge in [0.05, 0.1) is 18.3 Å². The summed E-state index contributed by atoms with van der Waals surface area (Å²) in [4.78, 5) is 16.3. The molecule has 0 radical (unpaired) electrons. The fourth-order valence-electron chi connectivity index (χ4n) is 2.76. The van der Waals surface area contributed by atoms with Gasteiger partial charge >= 0.3 is 0 Å². The van der Waals surface area contributed by atoms with E-state index >= 15 is 0 Å². The standard InChI is InChI=1S/C15H18N4O3/c1-19-8-10(7-17-19)13(9-5-11(20)6-9)18-15(22)14-12(21)3-2-4-16-14/h2-4,7-9,11,13,20-21H,5-6H2,1H3,(H,18,22)/t9?,11?,13-/m1/s1. The van der Waals surface area contributed by atoms with Gasteiger partial charge in [-0.05, 0) is 30.9 Å². The van der Waals surface area contributed by atoms with Crippen LogP contribution in [0.2, 0.25) is 0 Å². The Morgan fingerprint density at radius 1 is 1.50 bits per heavy atom. The monoisotopic (exact) mass is 302 g/mol. The number of hydrogen-bond acceptors (Lipinski definition) is 5. The van der Waals surface area contributed by atoms with E-state index in [1.807, 2.05) is 13.2 Å². The minimum absolute atomic E-state index is 0.00346. The summed E-state index contributed by atoms with van der Waals surface area (Å²) in [5, 5.41) is 26.3. The predicted molar refractivity (Wildman–Crippen MR) is 78.0 cm³/mol. The van der Waals surface area contributed by atoms with Crippen LogP contribution in [0.4, 0.5) is 0 Å². The number of nitrogens with one attached hydrogen (secondary N) is 1. The van der Waals surface area contributed by atoms with Gasteiger partial charge in [0.1, 0.15) is 5.75 Å². The Labute approximate surface area is 127 Å². The zero-order valence-electron chi connectivity index (χ0n) is 12.2. The number of aryl methyl sites for hydroxylation is 1. The second-order valence-corrected chi connectivity index (χ2v) is 5.65. The van der Waals surface area contributed by atoms with Crippen molar-refractivity contribution >= 4 is 5.91 Å². The first kappa shape index (κ1) is 14.5. The highest BCUT2D eigenvalue weighted by atomic mass is 16.3. The van der Waals surface area contributed by atoms with Gasteiger partial charge in [-0.15, -0.1) is 0 Å². The van der Waals surface area contributed by atoms with E-state index in [9.17, 15) is 15.0 Å². The summed E-state index contributed by atoms with van der Waals surface area (Å²) in [6, 6.07) is 2.73. The van der Waals surface area contributed by atoms with Crippen LogP contribution in [0.3, 0.4) is 0 Å². The van der Waals surface area contributed by atoms with Crippen LogP contribution in [0.5, 0.6) is 5.75 Å². The first-order chi connectivity index (χ1) is 10.5. The van der Waals surface area contributed by atoms with E-state index in [0.29, 0.717) is 12.8 Å². The molecule has 0 aromatic carbocycles. The van der Waals surface area contributed by atoms with Gasteiger partial charge in [-0.3, -0.25) is 9.48 Å². The molecule has 1 atom stereocenters. The number of aromatic hydroxyl groups is 1. The summed E-state index contributed by atoms with van der Waals surface area (Å²) in [7, 11) is 1.81. The fraction of sp³-hybridized carbons (Fsp3) is 0.400. The molecule has 1 saturated carbocycles. The van der Waals surface area contributed by atoms with Crippen molar-refractivity contribution in [1.82, 2.24) is 20.1 Å². The fourth-order valence-corrected chi connectivity index (χ4v) is 2.76. The number of nitrogens with zero attached hydrogens (tertiary/aromatic N) is 3. The number of rotatable bonds is 4. The highest BCUT2D eigenvalue weighted by Crippen LogP contribution is 2.38. The maximum Gasteiger partial charge on any atom is 0.274 e. The zero-order chi connectivity index (χ0) is 15.7. The molecule has 3 N–H and O–H groups in total. The molecule has 22 heavy (non-hydrogen) atoms. The van der Waals surface area contributed by atoms with E-state index in [0.717, 1.165) is 5.56 Å². The molecule has 0 saturated heterocycles. The quantitative estimate of drug-likeness (QED) is 0.774. The SMILES string of the molecule is Cn1cc([C@H](NC(=O)c2ncccc2O)C2CC(O)C2)cn1. The third-order valence-electron chi connectivity index (χ3n) is 3.99. The number of aromatic nitrogens is 3. The maximum atomic E-state index is 12.4. The molecular formula is C15H18N4O3. The Morgan fingerprint density at radius 2 is 2.27 bits per heavy atom. The van der Waals surface area contributed by atoms with Gasteiger partial charge in [-0.25, -0.2) is 4.98 Å². The third-order valence-corrected chi connectivity index (χ3v) is 3.99. The summed E-state index contributed by atoms with van der Waals surface area (Å²) in [5.74, 6) is -0.444. The summed E-state index contributed by atoms with van der Waals surface area (Å²) in [6.07, 6.45) is 5.95. The lowest BCUT2D eigenvalue weighted by molar-refractivity contribution is 0.0234. The van der Waals surface area contributed by atoms with Crippen molar-refractivity contribution in [2.75, 3.05) is 0 Å². The molecule has 0 unspecified atom stereocenters. The van der Waals surface area contributed by atoms with Crippen molar-refractivity contribution < 1.29 is 15.0 Å². The second kappa shape index (κ2) is 5.76. The van der Waals surface area contributed by atoms with Crippen molar-refractivity contribution in [1.29, 1.82) is 0 Å². The molecule has 2 heterocycles. The molecule has 3 rings (SSSR count). The van der Waals surface area contributed by atoms with Crippen molar-refractivity contribution in [3.05, 3.63) is 42.0 Å². The van der Waals surface area contributed by atoms with Gasteiger partial charge in [0.15, 0.2) is 5.69 Å². The topological polar surface area (TPSA) is 100 Å². The Kier molecular flexibility index (Phi) is 3.81. The third kappa shape index (κ3) is 2.80. The number of hydrogen-bond donors (Lipinski definition) is 3. The van der Waals surface area contributed by atoms with Crippen LogP contribution in [0, 0.1) is 5.92 Å². The molecule has 0 aliphatic heterocycles. The van der Waals surface area contributed by atoms with Crippen LogP contribution < -0.4 is 5.32 Å². The lowest BCUT2D eigenvalue weighted by atomic mass is 9.75. The Balaban J connectivity index is 1.81. The minimum atomic E-state index is -0.437. The van der Waals surface area contributed by atoms with Crippen molar-refractivity contribution in [2.45, 2.75) is 25.0 Å². The Morgan fingerprint density at radius 3 is 2.86 bits per heavy atom. The predicted octanol–water partition coefficient (Wildman–Crippen LogP) is 0.763. The molecule has 0 spiro atoms. The number of aliphatic hydroxyl groups excluding tert-OH is 1. The molecule has 1 amide bonds. The Hall–Kier alpha value is -2.41. The number of pyridine rings is 1. The summed E-state index contributed by atoms with van der Waals surface area (Å²) in [5.41, 5.74) is 0.874. The molecule has 7 heteroatoms. The van der Waals surface area contributed by atoms with Gasteiger partial charge < -0.3 is 15.5 Å². The van der Waals surface area contributed by atoms with Crippen LogP contribution in [0.15, 0.2) is 30.7 Å². The van der Waals surface area contributed by atoms with Crippen LogP contribution >= 0.6 is 0 Å². The molecule has 2 aromatic heterocycles. The smallest absolute Gasteiger partial charge is 0.274 e. The largest absolute Gasteiger partial charge is 0.505 e. The van der Waals surface area contributed by atoms with E-state index in [2.05, 4.69) is 15.4 Å². The molecule has 7 nitrogen and oxygen atoms in total. The van der Waals surface area contributed by atoms with Gasteiger partial charge in [-0.2, -0.15) is 5.10 Å². The molecule has 1 aliphatic carbocycles. The van der Waals surface area contributed by atoms with Crippen molar-refractivity contribution in [2.24, 2.45) is 13.0 Å². The van der Waals surface area contributed by atoms with E-state index in [-0.39, 0.29) is 29.5 Å². The van der Waals surface area contributed by atoms with Crippen LogP contribution in [-0.2, 0) is 7.05 Å². The lowest BCUT2D eigenvalue weighted by Gasteiger charge is -2.37. The molecule has 2 aromatic rings. The van der Waals surface area contributed by atoms with Crippen LogP contribution in [0.1, 0.15) is 34.9 Å². The van der Waals surface area contributed by atoms with Gasteiger partial charge in [0.25, 0.3) is 5.91 Å². The average Bonchev–Trinajstić information content (AvgIpc) is 2.88. The molecule has 1 aliphatic rings. The van der Waals surface area contributed by atoms with Crippen molar-refractivity contribution in [3.63, 3.8) is 0 Å². The van der Waals surface area contributed by atoms with Gasteiger partial charge in [0.2, 0.25) is 0 Å². The molecular weight excluding hydrogens is 284 g/mol. The Bertz CT molecular complexity index is 679. The number of carbonyl (C=O) groups excluding carboxylic acids is 1. The van der Waals surface area contributed by atoms with E-state index in [4.69, 9.17) is 0 Å². The van der Waals surface area contributed by atoms with E-state index < -0.39 is 5.91 Å². The summed E-state index contributed by atoms with van der Waals surface area (Å²) in [6.45, 7) is 0. The molecule has 1 fully saturated rings. The minimum Gasteiger partial charge on any atom is -0.505 e. The maximum absolute atomic E-state index is 12.4. The first-order valence-corrected chi connectivity index (χ1v) is 7.16. The van der Waals surface area contributed by atoms with E-state index in [1.165, 1.54) is 12.3 Å². The molecule has 0 bridgehead atoms. The normalized spacial score (nSPS) is 21.9. The van der Waals surface area contributed by atoms with Gasteiger partial charge in [0, 0.05) is 25.0 Å². The highest BCUT2D eigenvalue weighted by Gasteiger charge is 2.36. The zero-order valence-corrected chi connectivity index (χ0v) is 12.2. The first-order valence-electron chi connectivity index (χ1n) is 7.16. The summed E-state index contributed by atoms with van der Waals surface area (Å²) >= 11 is 0. The lowest BCUT2D eigenvalue weighted by Crippen LogP contribution is -2.41. The molecule has 116 valence electrons. The summed E-state index contributed by atoms with van der Waals surface area (Å²) < 4.78 is 1.67. The highest BCUT2D eigenvalue weighted by molar-refractivity contribution is 5.95. The van der Waals surface area contributed by atoms with E-state index in [1.54, 1.807) is 16.9 Å². The average molecular weight is 302 g/mol. The number of amides is 1. The van der Waals surface area contributed by atoms with Crippen molar-refractivity contribution in [3.8, 4) is 5.75 Å². The number of aliphatic hydroxyl groups is 1. The van der Waals surface area contributed by atoms with Crippen LogP contribution in [0.25, 0.3) is 0 Å². The van der Waals surface area contributed by atoms with Gasteiger partial charge in [-0.1, -0.05) is 0 Å². The number of carbonyl (C=O) groups is 1. The van der Waals surface area contributed by atoms with Crippen LogP contribution in [-0.4, -0.2) is 37.0 Å².